The smallest absolute Gasteiger partial charge is 0.224 e. The zero-order chi connectivity index (χ0) is 13.5. The van der Waals surface area contributed by atoms with Crippen LogP contribution >= 0.6 is 15.9 Å². The summed E-state index contributed by atoms with van der Waals surface area (Å²) in [6, 6.07) is 7.48. The predicted molar refractivity (Wildman–Crippen MR) is 73.3 cm³/mol. The predicted octanol–water partition coefficient (Wildman–Crippen LogP) is 2.12. The number of rotatable bonds is 6. The molecule has 1 aromatic rings. The lowest BCUT2D eigenvalue weighted by atomic mass is 10.1. The molecule has 1 N–H and O–H groups in total. The Bertz CT molecular complexity index is 394. The maximum atomic E-state index is 11.8. The highest BCUT2D eigenvalue weighted by Crippen LogP contribution is 2.12. The molecule has 0 aliphatic heterocycles. The van der Waals surface area contributed by atoms with E-state index < -0.39 is 6.29 Å². The zero-order valence-corrected chi connectivity index (χ0v) is 12.4. The molecule has 1 amide bonds. The Morgan fingerprint density at radius 2 is 2.06 bits per heavy atom. The third kappa shape index (κ3) is 4.76. The molecule has 5 heteroatoms. The number of ether oxygens (including phenoxy) is 2. The fourth-order valence-corrected chi connectivity index (χ4v) is 2.16. The van der Waals surface area contributed by atoms with E-state index in [1.54, 1.807) is 14.2 Å². The second kappa shape index (κ2) is 7.51. The first-order valence-electron chi connectivity index (χ1n) is 5.66. The molecule has 1 rings (SSSR count). The van der Waals surface area contributed by atoms with Crippen molar-refractivity contribution in [3.8, 4) is 0 Å². The average molecular weight is 316 g/mol. The quantitative estimate of drug-likeness (QED) is 0.818. The van der Waals surface area contributed by atoms with E-state index >= 15 is 0 Å². The highest BCUT2D eigenvalue weighted by molar-refractivity contribution is 9.10. The molecule has 1 unspecified atom stereocenters. The number of hydrogen-bond acceptors (Lipinski definition) is 3. The fourth-order valence-electron chi connectivity index (χ4n) is 1.71. The average Bonchev–Trinajstić information content (AvgIpc) is 2.30. The topological polar surface area (TPSA) is 47.6 Å². The molecule has 4 nitrogen and oxygen atoms in total. The summed E-state index contributed by atoms with van der Waals surface area (Å²) in [6.45, 7) is 1.84. The molecule has 0 heterocycles. The van der Waals surface area contributed by atoms with Crippen LogP contribution < -0.4 is 5.32 Å². The summed E-state index contributed by atoms with van der Waals surface area (Å²) >= 11 is 3.38. The van der Waals surface area contributed by atoms with Crippen LogP contribution in [0.4, 0.5) is 0 Å². The zero-order valence-electron chi connectivity index (χ0n) is 10.8. The van der Waals surface area contributed by atoms with Crippen molar-refractivity contribution in [2.24, 2.45) is 0 Å². The van der Waals surface area contributed by atoms with Gasteiger partial charge in [-0.2, -0.15) is 0 Å². The normalized spacial score (nSPS) is 12.5. The number of carbonyl (C=O) groups excluding carboxylic acids is 1. The van der Waals surface area contributed by atoms with E-state index in [2.05, 4.69) is 21.2 Å². The van der Waals surface area contributed by atoms with Crippen LogP contribution in [0.5, 0.6) is 0 Å². The minimum atomic E-state index is -0.434. The Balaban J connectivity index is 2.51. The summed E-state index contributed by atoms with van der Waals surface area (Å²) in [4.78, 5) is 11.8. The van der Waals surface area contributed by atoms with E-state index in [9.17, 15) is 4.79 Å². The number of halogens is 1. The van der Waals surface area contributed by atoms with Crippen LogP contribution in [0.25, 0.3) is 0 Å². The van der Waals surface area contributed by atoms with Gasteiger partial charge in [0.25, 0.3) is 0 Å². The molecule has 0 spiro atoms. The van der Waals surface area contributed by atoms with Crippen molar-refractivity contribution in [2.75, 3.05) is 14.2 Å². The Labute approximate surface area is 116 Å². The summed E-state index contributed by atoms with van der Waals surface area (Å²) < 4.78 is 11.1. The summed E-state index contributed by atoms with van der Waals surface area (Å²) in [5, 5.41) is 2.85. The molecule has 0 saturated heterocycles. The van der Waals surface area contributed by atoms with Crippen LogP contribution in [-0.4, -0.2) is 32.5 Å². The van der Waals surface area contributed by atoms with Crippen molar-refractivity contribution in [3.05, 3.63) is 34.3 Å². The van der Waals surface area contributed by atoms with E-state index in [0.717, 1.165) is 10.0 Å². The number of carbonyl (C=O) groups is 1. The third-order valence-electron chi connectivity index (χ3n) is 2.52. The van der Waals surface area contributed by atoms with E-state index in [1.165, 1.54) is 0 Å². The fraction of sp³-hybridized carbons (Fsp3) is 0.462. The molecule has 0 fully saturated rings. The van der Waals surface area contributed by atoms with E-state index in [4.69, 9.17) is 9.47 Å². The molecule has 18 heavy (non-hydrogen) atoms. The van der Waals surface area contributed by atoms with Gasteiger partial charge in [-0.3, -0.25) is 4.79 Å². The first kappa shape index (κ1) is 15.1. The Morgan fingerprint density at radius 1 is 1.39 bits per heavy atom. The maximum Gasteiger partial charge on any atom is 0.224 e. The van der Waals surface area contributed by atoms with Gasteiger partial charge in [-0.15, -0.1) is 0 Å². The molecule has 0 saturated carbocycles. The monoisotopic (exact) mass is 315 g/mol. The molecular weight excluding hydrogens is 298 g/mol. The van der Waals surface area contributed by atoms with Crippen LogP contribution in [0.1, 0.15) is 12.5 Å². The maximum absolute atomic E-state index is 11.8. The summed E-state index contributed by atoms with van der Waals surface area (Å²) in [5.74, 6) is -0.0558. The molecule has 1 atom stereocenters. The second-order valence-electron chi connectivity index (χ2n) is 4.00. The van der Waals surface area contributed by atoms with Gasteiger partial charge in [-0.05, 0) is 24.6 Å². The van der Waals surface area contributed by atoms with Crippen molar-refractivity contribution >= 4 is 21.8 Å². The van der Waals surface area contributed by atoms with E-state index in [-0.39, 0.29) is 11.9 Å². The highest BCUT2D eigenvalue weighted by Gasteiger charge is 2.17. The molecule has 0 bridgehead atoms. The molecule has 0 aliphatic rings. The van der Waals surface area contributed by atoms with Gasteiger partial charge in [0.2, 0.25) is 5.91 Å². The Morgan fingerprint density at radius 3 is 2.61 bits per heavy atom. The number of methoxy groups -OCH3 is 2. The third-order valence-corrected chi connectivity index (χ3v) is 3.01. The summed E-state index contributed by atoms with van der Waals surface area (Å²) in [7, 11) is 3.09. The van der Waals surface area contributed by atoms with Crippen LogP contribution in [0, 0.1) is 0 Å². The van der Waals surface area contributed by atoms with Gasteiger partial charge in [0.15, 0.2) is 6.29 Å². The Hall–Kier alpha value is -0.910. The van der Waals surface area contributed by atoms with Gasteiger partial charge in [0.05, 0.1) is 12.5 Å². The standard InChI is InChI=1S/C13H18BrNO3/c1-9(13(17-2)18-3)15-12(16)8-10-5-4-6-11(14)7-10/h4-7,9,13H,8H2,1-3H3,(H,15,16). The summed E-state index contributed by atoms with van der Waals surface area (Å²) in [5.41, 5.74) is 0.959. The van der Waals surface area contributed by atoms with Crippen molar-refractivity contribution in [1.82, 2.24) is 5.32 Å². The molecule has 0 aromatic heterocycles. The van der Waals surface area contributed by atoms with Gasteiger partial charge in [0.1, 0.15) is 0 Å². The number of benzene rings is 1. The van der Waals surface area contributed by atoms with Crippen LogP contribution in [0.15, 0.2) is 28.7 Å². The first-order valence-corrected chi connectivity index (χ1v) is 6.45. The van der Waals surface area contributed by atoms with Gasteiger partial charge in [0, 0.05) is 18.7 Å². The largest absolute Gasteiger partial charge is 0.354 e. The number of amides is 1. The molecule has 100 valence electrons. The van der Waals surface area contributed by atoms with Crippen molar-refractivity contribution in [1.29, 1.82) is 0 Å². The minimum Gasteiger partial charge on any atom is -0.354 e. The lowest BCUT2D eigenvalue weighted by Crippen LogP contribution is -2.43. The van der Waals surface area contributed by atoms with E-state index in [1.807, 2.05) is 31.2 Å². The second-order valence-corrected chi connectivity index (χ2v) is 4.92. The SMILES string of the molecule is COC(OC)C(C)NC(=O)Cc1cccc(Br)c1. The lowest BCUT2D eigenvalue weighted by Gasteiger charge is -2.22. The van der Waals surface area contributed by atoms with Gasteiger partial charge in [-0.1, -0.05) is 28.1 Å². The van der Waals surface area contributed by atoms with Gasteiger partial charge < -0.3 is 14.8 Å². The highest BCUT2D eigenvalue weighted by atomic mass is 79.9. The van der Waals surface area contributed by atoms with Gasteiger partial charge >= 0.3 is 0 Å². The van der Waals surface area contributed by atoms with Crippen LogP contribution in [0.2, 0.25) is 0 Å². The van der Waals surface area contributed by atoms with Crippen LogP contribution in [0.3, 0.4) is 0 Å². The minimum absolute atomic E-state index is 0.0558. The lowest BCUT2D eigenvalue weighted by molar-refractivity contribution is -0.135. The van der Waals surface area contributed by atoms with Crippen LogP contribution in [-0.2, 0) is 20.7 Å². The van der Waals surface area contributed by atoms with Crippen molar-refractivity contribution in [3.63, 3.8) is 0 Å². The molecule has 1 aromatic carbocycles. The van der Waals surface area contributed by atoms with Gasteiger partial charge in [-0.25, -0.2) is 0 Å². The Kier molecular flexibility index (Phi) is 6.32. The van der Waals surface area contributed by atoms with Crippen molar-refractivity contribution < 1.29 is 14.3 Å². The molecular formula is C13H18BrNO3. The molecule has 0 aliphatic carbocycles. The molecule has 0 radical (unpaired) electrons. The van der Waals surface area contributed by atoms with Crippen molar-refractivity contribution in [2.45, 2.75) is 25.7 Å². The summed E-state index contributed by atoms with van der Waals surface area (Å²) in [6.07, 6.45) is -0.0966. The van der Waals surface area contributed by atoms with E-state index in [0.29, 0.717) is 6.42 Å². The number of nitrogens with one attached hydrogen (secondary N) is 1. The first-order chi connectivity index (χ1) is 8.56. The number of hydrogen-bond donors (Lipinski definition) is 1.